The van der Waals surface area contributed by atoms with Crippen LogP contribution in [0.4, 0.5) is 0 Å². The first-order valence-corrected chi connectivity index (χ1v) is 7.89. The number of hydrogen-bond donors (Lipinski definition) is 1. The normalized spacial score (nSPS) is 11.0. The number of rotatable bonds is 12. The van der Waals surface area contributed by atoms with Crippen molar-refractivity contribution in [2.75, 3.05) is 24.7 Å². The summed E-state index contributed by atoms with van der Waals surface area (Å²) in [6, 6.07) is 0.890. The fourth-order valence-electron chi connectivity index (χ4n) is 0.891. The van der Waals surface area contributed by atoms with Crippen LogP contribution in [0.3, 0.4) is 0 Å². The number of carbonyl (C=O) groups is 1. The molecule has 7 heteroatoms. The second-order valence-corrected chi connectivity index (χ2v) is 5.22. The number of hydrogen-bond acceptors (Lipinski definition) is 5. The van der Waals surface area contributed by atoms with Crippen LogP contribution in [0.2, 0.25) is 6.04 Å². The van der Waals surface area contributed by atoms with Gasteiger partial charge in [-0.05, 0) is 25.6 Å². The van der Waals surface area contributed by atoms with Crippen molar-refractivity contribution < 1.29 is 23.8 Å². The third-order valence-electron chi connectivity index (χ3n) is 1.59. The lowest BCUT2D eigenvalue weighted by Crippen LogP contribution is -2.23. The summed E-state index contributed by atoms with van der Waals surface area (Å²) in [6.45, 7) is 4.33. The average Bonchev–Trinajstić information content (AvgIpc) is 2.28. The molecule has 0 aliphatic heterocycles. The van der Waals surface area contributed by atoms with E-state index in [9.17, 15) is 4.79 Å². The highest BCUT2D eigenvalue weighted by Crippen LogP contribution is 2.05. The molecule has 0 amide bonds. The number of carboxylic acid groups (broad SMARTS) is 1. The molecule has 0 heterocycles. The Morgan fingerprint density at radius 2 is 1.94 bits per heavy atom. The molecular weight excluding hydrogens is 260 g/mol. The lowest BCUT2D eigenvalue weighted by Gasteiger charge is -2.16. The van der Waals surface area contributed by atoms with E-state index in [0.717, 1.165) is 11.8 Å². The number of thioether (sulfide) groups is 1. The fourth-order valence-corrected chi connectivity index (χ4v) is 2.71. The lowest BCUT2D eigenvalue weighted by atomic mass is 10.5. The van der Waals surface area contributed by atoms with Gasteiger partial charge in [0.2, 0.25) is 9.76 Å². The predicted molar refractivity (Wildman–Crippen MR) is 68.3 cm³/mol. The molecule has 0 saturated carbocycles. The van der Waals surface area contributed by atoms with Gasteiger partial charge in [-0.25, -0.2) is 0 Å². The maximum Gasteiger partial charge on any atom is 0.304 e. The Balaban J connectivity index is 3.32. The van der Waals surface area contributed by atoms with E-state index in [4.69, 9.17) is 19.0 Å². The Kier molecular flexibility index (Phi) is 12.3. The van der Waals surface area contributed by atoms with Gasteiger partial charge in [-0.3, -0.25) is 4.79 Å². The molecule has 0 bridgehead atoms. The van der Waals surface area contributed by atoms with Crippen LogP contribution < -0.4 is 0 Å². The van der Waals surface area contributed by atoms with Crippen LogP contribution in [0.5, 0.6) is 0 Å². The number of carboxylic acids is 1. The van der Waals surface area contributed by atoms with E-state index in [2.05, 4.69) is 0 Å². The van der Waals surface area contributed by atoms with Gasteiger partial charge in [0.25, 0.3) is 6.48 Å². The van der Waals surface area contributed by atoms with Crippen molar-refractivity contribution in [1.82, 2.24) is 0 Å². The van der Waals surface area contributed by atoms with E-state index in [1.54, 1.807) is 11.8 Å². The Bertz CT molecular complexity index is 188. The number of aliphatic carboxylic acids is 1. The maximum absolute atomic E-state index is 10.3. The van der Waals surface area contributed by atoms with Crippen molar-refractivity contribution in [1.29, 1.82) is 0 Å². The topological polar surface area (TPSA) is 65.0 Å². The van der Waals surface area contributed by atoms with Gasteiger partial charge in [0.05, 0.1) is 6.42 Å². The first kappa shape index (κ1) is 16.9. The predicted octanol–water partition coefficient (Wildman–Crippen LogP) is 1.60. The highest BCUT2D eigenvalue weighted by atomic mass is 32.2. The van der Waals surface area contributed by atoms with Crippen LogP contribution in [-0.2, 0) is 18.7 Å². The molecule has 5 nitrogen and oxygen atoms in total. The summed E-state index contributed by atoms with van der Waals surface area (Å²) in [7, 11) is 0.320. The van der Waals surface area contributed by atoms with Gasteiger partial charge in [0, 0.05) is 19.0 Å². The molecule has 0 aromatic rings. The monoisotopic (exact) mass is 280 g/mol. The molecule has 0 saturated heterocycles. The summed E-state index contributed by atoms with van der Waals surface area (Å²) >= 11 is 1.62. The largest absolute Gasteiger partial charge is 0.481 e. The minimum Gasteiger partial charge on any atom is -0.481 e. The first-order chi connectivity index (χ1) is 8.20. The van der Waals surface area contributed by atoms with Crippen LogP contribution in [0.15, 0.2) is 0 Å². The molecule has 17 heavy (non-hydrogen) atoms. The fraction of sp³-hybridized carbons (Fsp3) is 0.900. The third-order valence-corrected chi connectivity index (χ3v) is 3.75. The van der Waals surface area contributed by atoms with E-state index in [1.807, 2.05) is 13.8 Å². The summed E-state index contributed by atoms with van der Waals surface area (Å²) in [5.41, 5.74) is 0. The molecule has 0 aromatic carbocycles. The van der Waals surface area contributed by atoms with E-state index in [1.165, 1.54) is 0 Å². The van der Waals surface area contributed by atoms with E-state index >= 15 is 0 Å². The molecule has 0 fully saturated rings. The van der Waals surface area contributed by atoms with E-state index in [-0.39, 0.29) is 6.42 Å². The van der Waals surface area contributed by atoms with Crippen LogP contribution in [-0.4, -0.2) is 52.0 Å². The molecule has 100 valence electrons. The SMILES string of the molecule is CCOC(OCC)O[Si]CCSCCC(=O)O. The standard InChI is InChI=1S/C10H20O5SSi/c1-3-13-10(14-4-2)15-17-8-7-16-6-5-9(11)12/h10H,3-8H2,1-2H3,(H,11,12). The van der Waals surface area contributed by atoms with Crippen LogP contribution in [0, 0.1) is 0 Å². The zero-order chi connectivity index (χ0) is 12.9. The molecule has 0 spiro atoms. The van der Waals surface area contributed by atoms with Crippen LogP contribution in [0.1, 0.15) is 20.3 Å². The maximum atomic E-state index is 10.3. The summed E-state index contributed by atoms with van der Waals surface area (Å²) in [4.78, 5) is 10.3. The molecule has 0 unspecified atom stereocenters. The highest BCUT2D eigenvalue weighted by Gasteiger charge is 2.07. The first-order valence-electron chi connectivity index (χ1n) is 5.61. The number of ether oxygens (including phenoxy) is 2. The van der Waals surface area contributed by atoms with E-state index in [0.29, 0.717) is 28.7 Å². The van der Waals surface area contributed by atoms with Crippen molar-refractivity contribution in [2.45, 2.75) is 32.8 Å². The average molecular weight is 280 g/mol. The van der Waals surface area contributed by atoms with Gasteiger partial charge in [-0.1, -0.05) is 0 Å². The van der Waals surface area contributed by atoms with E-state index < -0.39 is 12.4 Å². The molecule has 0 rings (SSSR count). The van der Waals surface area contributed by atoms with Crippen molar-refractivity contribution in [3.8, 4) is 0 Å². The molecule has 0 aromatic heterocycles. The van der Waals surface area contributed by atoms with Crippen molar-refractivity contribution >= 4 is 27.5 Å². The molecule has 0 aliphatic carbocycles. The quantitative estimate of drug-likeness (QED) is 0.333. The highest BCUT2D eigenvalue weighted by molar-refractivity contribution is 7.99. The zero-order valence-corrected chi connectivity index (χ0v) is 12.1. The van der Waals surface area contributed by atoms with Crippen LogP contribution in [0.25, 0.3) is 0 Å². The smallest absolute Gasteiger partial charge is 0.304 e. The van der Waals surface area contributed by atoms with Gasteiger partial charge in [-0.2, -0.15) is 11.8 Å². The van der Waals surface area contributed by atoms with Crippen molar-refractivity contribution in [3.63, 3.8) is 0 Å². The zero-order valence-electron chi connectivity index (χ0n) is 10.3. The van der Waals surface area contributed by atoms with Gasteiger partial charge in [0.1, 0.15) is 0 Å². The Morgan fingerprint density at radius 3 is 2.47 bits per heavy atom. The molecular formula is C10H20O5SSi. The van der Waals surface area contributed by atoms with Crippen LogP contribution >= 0.6 is 11.8 Å². The Morgan fingerprint density at radius 1 is 1.29 bits per heavy atom. The third kappa shape index (κ3) is 12.2. The van der Waals surface area contributed by atoms with Gasteiger partial charge < -0.3 is 19.0 Å². The lowest BCUT2D eigenvalue weighted by molar-refractivity contribution is -0.243. The van der Waals surface area contributed by atoms with Crippen molar-refractivity contribution in [2.24, 2.45) is 0 Å². The van der Waals surface area contributed by atoms with Crippen molar-refractivity contribution in [3.05, 3.63) is 0 Å². The second kappa shape index (κ2) is 12.4. The summed E-state index contributed by atoms with van der Waals surface area (Å²) in [6.07, 6.45) is 0.217. The van der Waals surface area contributed by atoms with Gasteiger partial charge in [-0.15, -0.1) is 0 Å². The molecule has 0 aliphatic rings. The second-order valence-electron chi connectivity index (χ2n) is 2.97. The molecule has 1 N–H and O–H groups in total. The summed E-state index contributed by atoms with van der Waals surface area (Å²) in [5, 5.41) is 8.44. The van der Waals surface area contributed by atoms with Gasteiger partial charge in [0.15, 0.2) is 0 Å². The summed E-state index contributed by atoms with van der Waals surface area (Å²) in [5.74, 6) is 0.806. The minimum atomic E-state index is -0.746. The summed E-state index contributed by atoms with van der Waals surface area (Å²) < 4.78 is 15.8. The Hall–Kier alpha value is -0.0831. The minimum absolute atomic E-state index is 0.217. The molecule has 0 atom stereocenters. The van der Waals surface area contributed by atoms with Gasteiger partial charge >= 0.3 is 5.97 Å². The Labute approximate surface area is 109 Å². The molecule has 2 radical (unpaired) electrons.